The van der Waals surface area contributed by atoms with E-state index in [-0.39, 0.29) is 0 Å². The molecule has 0 bridgehead atoms. The first-order valence-electron chi connectivity index (χ1n) is 10.9. The lowest BCUT2D eigenvalue weighted by Gasteiger charge is -2.26. The van der Waals surface area contributed by atoms with Crippen LogP contribution in [0.1, 0.15) is 44.9 Å². The van der Waals surface area contributed by atoms with Gasteiger partial charge in [0.25, 0.3) is 0 Å². The monoisotopic (exact) mass is 399 g/mol. The van der Waals surface area contributed by atoms with Gasteiger partial charge in [0, 0.05) is 37.1 Å². The van der Waals surface area contributed by atoms with Crippen LogP contribution in [0.25, 0.3) is 10.9 Å². The average Bonchev–Trinajstić information content (AvgIpc) is 3.29. The molecule has 7 nitrogen and oxygen atoms in total. The van der Waals surface area contributed by atoms with Crippen LogP contribution in [0.5, 0.6) is 11.5 Å². The number of nitrogens with two attached hydrogens (primary N) is 1. The molecule has 2 aromatic rings. The van der Waals surface area contributed by atoms with Gasteiger partial charge in [0.05, 0.1) is 19.7 Å². The van der Waals surface area contributed by atoms with E-state index in [2.05, 4.69) is 10.2 Å². The molecule has 1 saturated carbocycles. The summed E-state index contributed by atoms with van der Waals surface area (Å²) in [5.74, 6) is 3.82. The second kappa shape index (κ2) is 9.03. The quantitative estimate of drug-likeness (QED) is 0.736. The van der Waals surface area contributed by atoms with Crippen LogP contribution in [0, 0.1) is 5.92 Å². The van der Waals surface area contributed by atoms with Crippen LogP contribution in [0.2, 0.25) is 0 Å². The zero-order chi connectivity index (χ0) is 20.2. The van der Waals surface area contributed by atoms with Gasteiger partial charge in [0.1, 0.15) is 5.82 Å². The molecule has 158 valence electrons. The van der Waals surface area contributed by atoms with Gasteiger partial charge in [-0.1, -0.05) is 0 Å². The van der Waals surface area contributed by atoms with Crippen LogP contribution in [0.4, 0.5) is 11.8 Å². The highest BCUT2D eigenvalue weighted by atomic mass is 16.5. The molecule has 0 atom stereocenters. The zero-order valence-electron chi connectivity index (χ0n) is 17.6. The minimum atomic E-state index is 0.399. The molecule has 0 radical (unpaired) electrons. The van der Waals surface area contributed by atoms with E-state index in [4.69, 9.17) is 25.2 Å². The summed E-state index contributed by atoms with van der Waals surface area (Å²) in [4.78, 5) is 12.0. The van der Waals surface area contributed by atoms with E-state index in [0.717, 1.165) is 67.5 Å². The van der Waals surface area contributed by atoms with Crippen molar-refractivity contribution in [3.63, 3.8) is 0 Å². The molecule has 1 aliphatic carbocycles. The SMILES string of the molecule is COc1cc2nc(N3CCCC3)nc(NCCC3CCC(N)CC3)c2cc1OC. The van der Waals surface area contributed by atoms with E-state index in [0.29, 0.717) is 17.5 Å². The molecule has 1 aromatic heterocycles. The Bertz CT molecular complexity index is 830. The predicted octanol–water partition coefficient (Wildman–Crippen LogP) is 3.57. The number of nitrogens with one attached hydrogen (secondary N) is 1. The lowest BCUT2D eigenvalue weighted by molar-refractivity contribution is 0.316. The van der Waals surface area contributed by atoms with Crippen LogP contribution in [-0.4, -0.2) is 49.9 Å². The number of aromatic nitrogens is 2. The number of methoxy groups -OCH3 is 2. The van der Waals surface area contributed by atoms with Crippen molar-refractivity contribution in [2.24, 2.45) is 11.7 Å². The summed E-state index contributed by atoms with van der Waals surface area (Å²) in [5, 5.41) is 4.56. The molecule has 4 rings (SSSR count). The molecule has 0 spiro atoms. The van der Waals surface area contributed by atoms with Gasteiger partial charge >= 0.3 is 0 Å². The van der Waals surface area contributed by atoms with E-state index in [1.54, 1.807) is 14.2 Å². The molecule has 1 saturated heterocycles. The molecule has 3 N–H and O–H groups in total. The van der Waals surface area contributed by atoms with E-state index >= 15 is 0 Å². The van der Waals surface area contributed by atoms with E-state index in [9.17, 15) is 0 Å². The van der Waals surface area contributed by atoms with E-state index < -0.39 is 0 Å². The van der Waals surface area contributed by atoms with Crippen LogP contribution in [0.3, 0.4) is 0 Å². The van der Waals surface area contributed by atoms with Crippen molar-refractivity contribution in [1.82, 2.24) is 9.97 Å². The van der Waals surface area contributed by atoms with Gasteiger partial charge in [-0.3, -0.25) is 0 Å². The summed E-state index contributed by atoms with van der Waals surface area (Å²) < 4.78 is 11.0. The third-order valence-electron chi connectivity index (χ3n) is 6.31. The zero-order valence-corrected chi connectivity index (χ0v) is 17.6. The van der Waals surface area contributed by atoms with Crippen molar-refractivity contribution in [2.45, 2.75) is 51.0 Å². The second-order valence-corrected chi connectivity index (χ2v) is 8.29. The van der Waals surface area contributed by atoms with Crippen LogP contribution in [0.15, 0.2) is 12.1 Å². The normalized spacial score (nSPS) is 22.1. The number of benzene rings is 1. The first-order valence-corrected chi connectivity index (χ1v) is 10.9. The Morgan fingerprint density at radius 3 is 2.41 bits per heavy atom. The Morgan fingerprint density at radius 2 is 1.72 bits per heavy atom. The number of hydrogen-bond donors (Lipinski definition) is 2. The van der Waals surface area contributed by atoms with Gasteiger partial charge in [-0.25, -0.2) is 4.98 Å². The van der Waals surface area contributed by atoms with Crippen molar-refractivity contribution < 1.29 is 9.47 Å². The van der Waals surface area contributed by atoms with Crippen molar-refractivity contribution in [2.75, 3.05) is 44.1 Å². The Kier molecular flexibility index (Phi) is 6.23. The van der Waals surface area contributed by atoms with Crippen molar-refractivity contribution in [3.8, 4) is 11.5 Å². The average molecular weight is 400 g/mol. The standard InChI is InChI=1S/C22H33N5O2/c1-28-19-13-17-18(14-20(19)29-2)25-22(27-11-3-4-12-27)26-21(17)24-10-9-15-5-7-16(23)8-6-15/h13-16H,3-12,23H2,1-2H3,(H,24,25,26). The second-order valence-electron chi connectivity index (χ2n) is 8.29. The summed E-state index contributed by atoms with van der Waals surface area (Å²) in [7, 11) is 3.31. The van der Waals surface area contributed by atoms with Gasteiger partial charge in [-0.05, 0) is 56.9 Å². The van der Waals surface area contributed by atoms with Crippen LogP contribution >= 0.6 is 0 Å². The fourth-order valence-corrected chi connectivity index (χ4v) is 4.51. The topological polar surface area (TPSA) is 85.5 Å². The highest BCUT2D eigenvalue weighted by molar-refractivity contribution is 5.92. The minimum absolute atomic E-state index is 0.399. The minimum Gasteiger partial charge on any atom is -0.493 e. The maximum Gasteiger partial charge on any atom is 0.227 e. The third-order valence-corrected chi connectivity index (χ3v) is 6.31. The van der Waals surface area contributed by atoms with E-state index in [1.807, 2.05) is 12.1 Å². The number of fused-ring (bicyclic) bond motifs is 1. The summed E-state index contributed by atoms with van der Waals surface area (Å²) in [6.07, 6.45) is 8.30. The molecular formula is C22H33N5O2. The Morgan fingerprint density at radius 1 is 1.03 bits per heavy atom. The Balaban J connectivity index is 1.58. The van der Waals surface area contributed by atoms with Crippen molar-refractivity contribution in [3.05, 3.63) is 12.1 Å². The van der Waals surface area contributed by atoms with Gasteiger partial charge in [-0.2, -0.15) is 4.98 Å². The summed E-state index contributed by atoms with van der Waals surface area (Å²) in [5.41, 5.74) is 6.93. The number of rotatable bonds is 7. The molecular weight excluding hydrogens is 366 g/mol. The Hall–Kier alpha value is -2.28. The molecule has 7 heteroatoms. The number of ether oxygens (including phenoxy) is 2. The molecule has 2 fully saturated rings. The van der Waals surface area contributed by atoms with Gasteiger partial charge in [-0.15, -0.1) is 0 Å². The van der Waals surface area contributed by atoms with Gasteiger partial charge < -0.3 is 25.4 Å². The van der Waals surface area contributed by atoms with Crippen molar-refractivity contribution >= 4 is 22.7 Å². The molecule has 0 unspecified atom stereocenters. The van der Waals surface area contributed by atoms with E-state index in [1.165, 1.54) is 25.7 Å². The van der Waals surface area contributed by atoms with Crippen LogP contribution < -0.4 is 25.4 Å². The van der Waals surface area contributed by atoms with Crippen LogP contribution in [-0.2, 0) is 0 Å². The largest absolute Gasteiger partial charge is 0.493 e. The summed E-state index contributed by atoms with van der Waals surface area (Å²) in [6.45, 7) is 2.93. The highest BCUT2D eigenvalue weighted by Crippen LogP contribution is 2.35. The molecule has 1 aliphatic heterocycles. The lowest BCUT2D eigenvalue weighted by atomic mass is 9.84. The number of hydrogen-bond acceptors (Lipinski definition) is 7. The molecule has 0 amide bonds. The summed E-state index contributed by atoms with van der Waals surface area (Å²) >= 11 is 0. The molecule has 1 aromatic carbocycles. The first-order chi connectivity index (χ1) is 14.2. The van der Waals surface area contributed by atoms with Crippen molar-refractivity contribution in [1.29, 1.82) is 0 Å². The fraction of sp³-hybridized carbons (Fsp3) is 0.636. The lowest BCUT2D eigenvalue weighted by Crippen LogP contribution is -2.27. The highest BCUT2D eigenvalue weighted by Gasteiger charge is 2.21. The Labute approximate surface area is 173 Å². The fourth-order valence-electron chi connectivity index (χ4n) is 4.51. The van der Waals surface area contributed by atoms with Gasteiger partial charge in [0.2, 0.25) is 5.95 Å². The number of nitrogens with zero attached hydrogens (tertiary/aromatic N) is 3. The smallest absolute Gasteiger partial charge is 0.227 e. The summed E-state index contributed by atoms with van der Waals surface area (Å²) in [6, 6.07) is 4.32. The molecule has 29 heavy (non-hydrogen) atoms. The van der Waals surface area contributed by atoms with Gasteiger partial charge in [0.15, 0.2) is 11.5 Å². The maximum atomic E-state index is 6.05. The third kappa shape index (κ3) is 4.50. The molecule has 2 aliphatic rings. The number of anilines is 2. The maximum absolute atomic E-state index is 6.05. The first kappa shape index (κ1) is 20.0. The predicted molar refractivity (Wildman–Crippen MR) is 117 cm³/mol. The molecule has 2 heterocycles.